The number of aliphatic hydroxyl groups excluding tert-OH is 1. The summed E-state index contributed by atoms with van der Waals surface area (Å²) in [5.41, 5.74) is 7.11. The lowest BCUT2D eigenvalue weighted by Gasteiger charge is -2.26. The van der Waals surface area contributed by atoms with Gasteiger partial charge in [0.15, 0.2) is 0 Å². The third-order valence-electron chi connectivity index (χ3n) is 3.46. The van der Waals surface area contributed by atoms with E-state index >= 15 is 0 Å². The van der Waals surface area contributed by atoms with E-state index in [0.29, 0.717) is 11.3 Å². The van der Waals surface area contributed by atoms with Crippen LogP contribution in [0.25, 0.3) is 0 Å². The Hall–Kier alpha value is -2.43. The third-order valence-corrected chi connectivity index (χ3v) is 4.20. The summed E-state index contributed by atoms with van der Waals surface area (Å²) in [4.78, 5) is 13.2. The highest BCUT2D eigenvalue weighted by Gasteiger charge is 2.35. The Bertz CT molecular complexity index is 718. The highest BCUT2D eigenvalue weighted by Crippen LogP contribution is 2.39. The van der Waals surface area contributed by atoms with E-state index < -0.39 is 11.9 Å². The molecule has 0 spiro atoms. The van der Waals surface area contributed by atoms with E-state index in [4.69, 9.17) is 20.3 Å². The molecule has 1 aromatic carbocycles. The van der Waals surface area contributed by atoms with Crippen molar-refractivity contribution >= 4 is 17.7 Å². The van der Waals surface area contributed by atoms with Gasteiger partial charge in [0.25, 0.3) is 0 Å². The number of ether oxygens (including phenoxy) is 2. The lowest BCUT2D eigenvalue weighted by molar-refractivity contribution is -0.136. The van der Waals surface area contributed by atoms with Crippen LogP contribution in [0.4, 0.5) is 0 Å². The summed E-state index contributed by atoms with van der Waals surface area (Å²) in [6.45, 7) is 3.57. The van der Waals surface area contributed by atoms with Gasteiger partial charge < -0.3 is 20.3 Å². The minimum absolute atomic E-state index is 0.0200. The van der Waals surface area contributed by atoms with Gasteiger partial charge in [0.05, 0.1) is 18.6 Å². The van der Waals surface area contributed by atoms with E-state index in [0.717, 1.165) is 10.5 Å². The molecule has 25 heavy (non-hydrogen) atoms. The van der Waals surface area contributed by atoms with Gasteiger partial charge in [-0.1, -0.05) is 12.1 Å². The molecule has 2 rings (SSSR count). The number of benzene rings is 1. The van der Waals surface area contributed by atoms with Crippen LogP contribution in [0.1, 0.15) is 25.3 Å². The van der Waals surface area contributed by atoms with Gasteiger partial charge in [-0.3, -0.25) is 0 Å². The summed E-state index contributed by atoms with van der Waals surface area (Å²) < 4.78 is 10.2. The summed E-state index contributed by atoms with van der Waals surface area (Å²) in [7, 11) is 1.30. The number of esters is 1. The van der Waals surface area contributed by atoms with E-state index in [2.05, 4.69) is 0 Å². The molecule has 0 aromatic heterocycles. The predicted octanol–water partition coefficient (Wildman–Crippen LogP) is 2.66. The van der Waals surface area contributed by atoms with E-state index in [1.165, 1.54) is 7.11 Å². The molecule has 1 unspecified atom stereocenters. The van der Waals surface area contributed by atoms with E-state index in [1.54, 1.807) is 25.6 Å². The monoisotopic (exact) mass is 362 g/mol. The topological polar surface area (TPSA) is 106 Å². The van der Waals surface area contributed by atoms with Gasteiger partial charge in [-0.15, -0.1) is 11.8 Å². The largest absolute Gasteiger partial charge is 0.466 e. The Morgan fingerprint density at radius 1 is 1.44 bits per heavy atom. The second kappa shape index (κ2) is 9.77. The number of nitrogens with zero attached hydrogens (tertiary/aromatic N) is 1. The number of nitriles is 1. The normalized spacial score (nSPS) is 16.4. The second-order valence-electron chi connectivity index (χ2n) is 4.98. The van der Waals surface area contributed by atoms with Crippen LogP contribution in [0.3, 0.4) is 0 Å². The van der Waals surface area contributed by atoms with Crippen LogP contribution in [0.5, 0.6) is 0 Å². The van der Waals surface area contributed by atoms with Crippen LogP contribution in [0.2, 0.25) is 0 Å². The predicted molar refractivity (Wildman–Crippen MR) is 96.4 cm³/mol. The highest BCUT2D eigenvalue weighted by atomic mass is 32.2. The van der Waals surface area contributed by atoms with Crippen molar-refractivity contribution in [3.8, 4) is 6.07 Å². The maximum atomic E-state index is 12.1. The average molecular weight is 362 g/mol. The maximum absolute atomic E-state index is 12.1. The van der Waals surface area contributed by atoms with E-state index in [-0.39, 0.29) is 18.1 Å². The average Bonchev–Trinajstić information content (AvgIpc) is 2.61. The number of thioether (sulfide) groups is 1. The molecule has 134 valence electrons. The van der Waals surface area contributed by atoms with Gasteiger partial charge in [-0.25, -0.2) is 4.79 Å². The van der Waals surface area contributed by atoms with E-state index in [9.17, 15) is 10.1 Å². The second-order valence-corrected chi connectivity index (χ2v) is 5.86. The van der Waals surface area contributed by atoms with Gasteiger partial charge in [0.2, 0.25) is 5.88 Å². The lowest BCUT2D eigenvalue weighted by atomic mass is 9.83. The highest BCUT2D eigenvalue weighted by molar-refractivity contribution is 7.98. The summed E-state index contributed by atoms with van der Waals surface area (Å²) >= 11 is 1.61. The Labute approximate surface area is 151 Å². The van der Waals surface area contributed by atoms with Crippen LogP contribution < -0.4 is 5.73 Å². The van der Waals surface area contributed by atoms with Crippen LogP contribution in [-0.4, -0.2) is 31.0 Å². The molecule has 1 heterocycles. The smallest absolute Gasteiger partial charge is 0.338 e. The Kier molecular flexibility index (Phi) is 8.05. The van der Waals surface area contributed by atoms with Gasteiger partial charge in [-0.2, -0.15) is 5.26 Å². The molecule has 0 radical (unpaired) electrons. The number of methoxy groups -OCH3 is 1. The van der Waals surface area contributed by atoms with Crippen molar-refractivity contribution in [1.82, 2.24) is 0 Å². The Morgan fingerprint density at radius 2 is 2.00 bits per heavy atom. The molecule has 1 aliphatic heterocycles. The first-order valence-electron chi connectivity index (χ1n) is 7.56. The van der Waals surface area contributed by atoms with Crippen molar-refractivity contribution in [1.29, 1.82) is 5.26 Å². The van der Waals surface area contributed by atoms with Crippen molar-refractivity contribution in [2.24, 2.45) is 5.73 Å². The van der Waals surface area contributed by atoms with Crippen LogP contribution in [-0.2, 0) is 14.3 Å². The molecule has 1 aliphatic rings. The van der Waals surface area contributed by atoms with Gasteiger partial charge in [0.1, 0.15) is 17.4 Å². The van der Waals surface area contributed by atoms with Crippen molar-refractivity contribution in [3.05, 3.63) is 52.6 Å². The quantitative estimate of drug-likeness (QED) is 0.629. The first kappa shape index (κ1) is 20.6. The molecule has 0 amide bonds. The molecule has 0 fully saturated rings. The van der Waals surface area contributed by atoms with E-state index in [1.807, 2.05) is 36.6 Å². The fraction of sp³-hybridized carbons (Fsp3) is 0.333. The lowest BCUT2D eigenvalue weighted by Crippen LogP contribution is -2.25. The Balaban J connectivity index is 0.000000970. The zero-order chi connectivity index (χ0) is 19.0. The van der Waals surface area contributed by atoms with Gasteiger partial charge >= 0.3 is 5.97 Å². The zero-order valence-corrected chi connectivity index (χ0v) is 15.5. The molecule has 0 saturated carbocycles. The fourth-order valence-corrected chi connectivity index (χ4v) is 2.79. The number of hydrogen-bond donors (Lipinski definition) is 2. The molecular weight excluding hydrogens is 340 g/mol. The van der Waals surface area contributed by atoms with Crippen molar-refractivity contribution in [2.75, 3.05) is 20.0 Å². The van der Waals surface area contributed by atoms with Gasteiger partial charge in [-0.05, 0) is 37.8 Å². The molecule has 1 atom stereocenters. The molecule has 0 aliphatic carbocycles. The van der Waals surface area contributed by atoms with Crippen molar-refractivity contribution in [3.63, 3.8) is 0 Å². The number of carbonyl (C=O) groups excluding carboxylic acids is 1. The maximum Gasteiger partial charge on any atom is 0.338 e. The minimum Gasteiger partial charge on any atom is -0.466 e. The molecule has 0 saturated heterocycles. The fourth-order valence-electron chi connectivity index (χ4n) is 2.39. The first-order valence-corrected chi connectivity index (χ1v) is 8.78. The van der Waals surface area contributed by atoms with Crippen molar-refractivity contribution in [2.45, 2.75) is 24.7 Å². The number of rotatable bonds is 3. The third kappa shape index (κ3) is 4.78. The van der Waals surface area contributed by atoms with Crippen LogP contribution >= 0.6 is 11.8 Å². The molecule has 6 nitrogen and oxygen atoms in total. The minimum atomic E-state index is -0.581. The molecular formula is C18H22N2O4S. The number of hydrogen-bond acceptors (Lipinski definition) is 7. The molecule has 1 aromatic rings. The zero-order valence-electron chi connectivity index (χ0n) is 14.7. The summed E-state index contributed by atoms with van der Waals surface area (Å²) in [5, 5.41) is 17.0. The van der Waals surface area contributed by atoms with Crippen molar-refractivity contribution < 1.29 is 19.4 Å². The number of carbonyl (C=O) groups is 1. The summed E-state index contributed by atoms with van der Waals surface area (Å²) in [6, 6.07) is 9.67. The standard InChI is InChI=1S/C16H16N2O3S.C2H6O/c1-9-13(16(19)20-2)14(12(8-17)15(18)21-9)10-4-6-11(22-3)7-5-10;1-2-3/h4-7,14H,18H2,1-3H3;3H,2H2,1H3. The molecule has 3 N–H and O–H groups in total. The first-order chi connectivity index (χ1) is 11.9. The number of allylic oxidation sites excluding steroid dienone is 2. The van der Waals surface area contributed by atoms with Crippen LogP contribution in [0.15, 0.2) is 51.9 Å². The SMILES string of the molecule is CCO.COC(=O)C1=C(C)OC(N)=C(C#N)C1c1ccc(SC)cc1. The molecule has 0 bridgehead atoms. The number of aliphatic hydroxyl groups is 1. The van der Waals surface area contributed by atoms with Gasteiger partial charge in [0, 0.05) is 11.5 Å². The molecule has 7 heteroatoms. The Morgan fingerprint density at radius 3 is 2.44 bits per heavy atom. The summed E-state index contributed by atoms with van der Waals surface area (Å²) in [6.07, 6.45) is 1.98. The van der Waals surface area contributed by atoms with Crippen LogP contribution in [0, 0.1) is 11.3 Å². The number of nitrogens with two attached hydrogens (primary N) is 1. The summed E-state index contributed by atoms with van der Waals surface area (Å²) in [5.74, 6) is -0.743.